The molecule has 3 aliphatic heterocycles. The van der Waals surface area contributed by atoms with Crippen LogP contribution in [0.2, 0.25) is 0 Å². The molecule has 2 aromatic heterocycles. The van der Waals surface area contributed by atoms with E-state index in [2.05, 4.69) is 25.5 Å². The number of nitrogens with zero attached hydrogens (tertiary/aromatic N) is 5. The Hall–Kier alpha value is -5.81. The number of nitrogens with one attached hydrogen (secondary N) is 3. The number of alkyl halides is 3. The van der Waals surface area contributed by atoms with Gasteiger partial charge in [-0.15, -0.1) is 0 Å². The highest BCUT2D eigenvalue weighted by Gasteiger charge is 2.46. The molecule has 0 radical (unpaired) electrons. The van der Waals surface area contributed by atoms with Crippen molar-refractivity contribution in [3.8, 4) is 0 Å². The van der Waals surface area contributed by atoms with Crippen molar-refractivity contribution in [2.24, 2.45) is 0 Å². The SMILES string of the molecule is Cc1c([C@@H](NC(=O)Nc2cnc(N3CCN(c4ccc5c(c4)CN(C4CCC(=O)NC4=O)C5=O)CC3)nc2)C(F)(F)F)oc2c(F)cc(F)cc12. The van der Waals surface area contributed by atoms with Crippen molar-refractivity contribution in [1.29, 1.82) is 0 Å². The zero-order valence-corrected chi connectivity index (χ0v) is 26.8. The Kier molecular flexibility index (Phi) is 8.46. The van der Waals surface area contributed by atoms with Gasteiger partial charge < -0.3 is 29.8 Å². The van der Waals surface area contributed by atoms with Crippen LogP contribution in [0.5, 0.6) is 0 Å². The Morgan fingerprint density at radius 2 is 1.73 bits per heavy atom. The van der Waals surface area contributed by atoms with Crippen LogP contribution in [0.1, 0.15) is 46.1 Å². The molecule has 2 atom stereocenters. The molecule has 2 saturated heterocycles. The first-order valence-electron chi connectivity index (χ1n) is 15.9. The molecule has 3 aliphatic rings. The van der Waals surface area contributed by atoms with Crippen LogP contribution < -0.4 is 25.8 Å². The number of benzene rings is 2. The number of carbonyl (C=O) groups excluding carboxylic acids is 4. The molecule has 2 aromatic carbocycles. The van der Waals surface area contributed by atoms with Crippen molar-refractivity contribution in [3.05, 3.63) is 76.8 Å². The number of urea groups is 1. The summed E-state index contributed by atoms with van der Waals surface area (Å²) < 4.78 is 75.1. The minimum Gasteiger partial charge on any atom is -0.455 e. The number of amides is 5. The van der Waals surface area contributed by atoms with Gasteiger partial charge in [0.25, 0.3) is 5.91 Å². The summed E-state index contributed by atoms with van der Waals surface area (Å²) in [6.45, 7) is 3.65. The van der Waals surface area contributed by atoms with Gasteiger partial charge in [0.05, 0.1) is 18.1 Å². The lowest BCUT2D eigenvalue weighted by Crippen LogP contribution is -2.52. The molecule has 5 heterocycles. The number of fused-ring (bicyclic) bond motifs is 2. The summed E-state index contributed by atoms with van der Waals surface area (Å²) in [5, 5.41) is 6.15. The molecular weight excluding hydrogens is 683 g/mol. The average Bonchev–Trinajstić information content (AvgIpc) is 3.59. The van der Waals surface area contributed by atoms with E-state index in [0.717, 1.165) is 17.3 Å². The largest absolute Gasteiger partial charge is 0.455 e. The van der Waals surface area contributed by atoms with Gasteiger partial charge in [-0.1, -0.05) is 0 Å². The van der Waals surface area contributed by atoms with Crippen LogP contribution in [-0.4, -0.2) is 77.0 Å². The van der Waals surface area contributed by atoms with Gasteiger partial charge in [0.2, 0.25) is 17.8 Å². The third kappa shape index (κ3) is 6.48. The number of piperidine rings is 1. The van der Waals surface area contributed by atoms with Gasteiger partial charge in [-0.25, -0.2) is 23.5 Å². The number of halogens is 5. The zero-order valence-electron chi connectivity index (χ0n) is 26.8. The van der Waals surface area contributed by atoms with Crippen molar-refractivity contribution >= 4 is 52.0 Å². The summed E-state index contributed by atoms with van der Waals surface area (Å²) in [5.41, 5.74) is 1.46. The second-order valence-corrected chi connectivity index (χ2v) is 12.4. The summed E-state index contributed by atoms with van der Waals surface area (Å²) in [5.74, 6) is -3.69. The van der Waals surface area contributed by atoms with E-state index in [1.54, 1.807) is 11.4 Å². The van der Waals surface area contributed by atoms with E-state index < -0.39 is 53.2 Å². The number of hydrogen-bond donors (Lipinski definition) is 3. The van der Waals surface area contributed by atoms with Crippen molar-refractivity contribution in [3.63, 3.8) is 0 Å². The molecule has 0 bridgehead atoms. The van der Waals surface area contributed by atoms with Crippen LogP contribution in [-0.2, 0) is 16.1 Å². The minimum absolute atomic E-state index is 0.00398. The lowest BCUT2D eigenvalue weighted by molar-refractivity contribution is -0.158. The first kappa shape index (κ1) is 33.7. The van der Waals surface area contributed by atoms with E-state index in [9.17, 15) is 41.1 Å². The van der Waals surface area contributed by atoms with Gasteiger partial charge in [-0.2, -0.15) is 13.2 Å². The van der Waals surface area contributed by atoms with Crippen molar-refractivity contribution < 1.29 is 45.5 Å². The second-order valence-electron chi connectivity index (χ2n) is 12.4. The molecule has 266 valence electrons. The number of aryl methyl sites for hydroxylation is 1. The van der Waals surface area contributed by atoms with Gasteiger partial charge >= 0.3 is 12.2 Å². The van der Waals surface area contributed by atoms with E-state index >= 15 is 0 Å². The summed E-state index contributed by atoms with van der Waals surface area (Å²) in [4.78, 5) is 63.6. The number of furan rings is 1. The van der Waals surface area contributed by atoms with E-state index in [4.69, 9.17) is 4.42 Å². The number of piperazine rings is 1. The standard InChI is InChI=1S/C33H29F5N8O5/c1-16-22-11-18(34)12-23(35)27(22)51-26(16)28(33(36,37)38)43-32(50)41-19-13-39-31(40-14-19)45-8-6-44(7-9-45)20-2-3-21-17(10-20)15-46(30(21)49)24-4-5-25(47)42-29(24)48/h2-3,10-14,24,28H,4-9,15H2,1H3,(H2,41,43,50)(H,42,47,48)/t24?,28-/m1/s1. The second kappa shape index (κ2) is 12.8. The summed E-state index contributed by atoms with van der Waals surface area (Å²) in [6.07, 6.45) is -2.10. The normalized spacial score (nSPS) is 18.6. The van der Waals surface area contributed by atoms with Crippen LogP contribution in [0.3, 0.4) is 0 Å². The van der Waals surface area contributed by atoms with Gasteiger partial charge in [0.15, 0.2) is 17.4 Å². The van der Waals surface area contributed by atoms with Crippen LogP contribution in [0.15, 0.2) is 47.1 Å². The van der Waals surface area contributed by atoms with Crippen LogP contribution in [0, 0.1) is 18.6 Å². The molecule has 0 spiro atoms. The molecule has 5 amide bonds. The van der Waals surface area contributed by atoms with Gasteiger partial charge in [0.1, 0.15) is 17.6 Å². The molecule has 7 rings (SSSR count). The van der Waals surface area contributed by atoms with E-state index in [0.29, 0.717) is 43.8 Å². The van der Waals surface area contributed by atoms with Crippen molar-refractivity contribution in [1.82, 2.24) is 25.5 Å². The molecule has 4 aromatic rings. The highest BCUT2D eigenvalue weighted by atomic mass is 19.4. The van der Waals surface area contributed by atoms with E-state index in [1.165, 1.54) is 24.2 Å². The Balaban J connectivity index is 0.956. The summed E-state index contributed by atoms with van der Waals surface area (Å²) in [7, 11) is 0. The third-order valence-electron chi connectivity index (χ3n) is 9.19. The number of carbonyl (C=O) groups is 4. The molecule has 3 N–H and O–H groups in total. The molecule has 18 heteroatoms. The number of aromatic nitrogens is 2. The maximum atomic E-state index is 14.2. The molecule has 1 unspecified atom stereocenters. The predicted molar refractivity (Wildman–Crippen MR) is 171 cm³/mol. The zero-order chi connectivity index (χ0) is 36.2. The molecule has 2 fully saturated rings. The monoisotopic (exact) mass is 712 g/mol. The molecule has 13 nitrogen and oxygen atoms in total. The average molecular weight is 713 g/mol. The molecule has 51 heavy (non-hydrogen) atoms. The van der Waals surface area contributed by atoms with Crippen LogP contribution in [0.4, 0.5) is 44.1 Å². The maximum absolute atomic E-state index is 14.2. The van der Waals surface area contributed by atoms with Gasteiger partial charge in [-0.05, 0) is 43.2 Å². The minimum atomic E-state index is -5.04. The molecule has 0 aliphatic carbocycles. The predicted octanol–water partition coefficient (Wildman–Crippen LogP) is 4.32. The molecule has 0 saturated carbocycles. The van der Waals surface area contributed by atoms with Crippen LogP contribution in [0.25, 0.3) is 11.0 Å². The van der Waals surface area contributed by atoms with E-state index in [1.807, 2.05) is 17.0 Å². The number of anilines is 3. The van der Waals surface area contributed by atoms with Gasteiger partial charge in [0, 0.05) is 67.4 Å². The smallest absolute Gasteiger partial charge is 0.416 e. The van der Waals surface area contributed by atoms with Crippen molar-refractivity contribution in [2.45, 2.75) is 44.6 Å². The first-order valence-corrected chi connectivity index (χ1v) is 15.9. The number of rotatable bonds is 6. The highest BCUT2D eigenvalue weighted by Crippen LogP contribution is 2.39. The maximum Gasteiger partial charge on any atom is 0.416 e. The summed E-state index contributed by atoms with van der Waals surface area (Å²) >= 11 is 0. The number of hydrogen-bond acceptors (Lipinski definition) is 9. The summed E-state index contributed by atoms with van der Waals surface area (Å²) in [6, 6.07) is 2.22. The topological polar surface area (TPSA) is 153 Å². The first-order chi connectivity index (χ1) is 24.3. The Morgan fingerprint density at radius 1 is 1.02 bits per heavy atom. The van der Waals surface area contributed by atoms with E-state index in [-0.39, 0.29) is 47.8 Å². The Morgan fingerprint density at radius 3 is 2.41 bits per heavy atom. The molecular formula is C33H29F5N8O5. The van der Waals surface area contributed by atoms with Gasteiger partial charge in [-0.3, -0.25) is 19.7 Å². The highest BCUT2D eigenvalue weighted by molar-refractivity contribution is 6.05. The fourth-order valence-electron chi connectivity index (χ4n) is 6.60. The lowest BCUT2D eigenvalue weighted by atomic mass is 10.0. The third-order valence-corrected chi connectivity index (χ3v) is 9.19. The lowest BCUT2D eigenvalue weighted by Gasteiger charge is -2.36. The Labute approximate surface area is 285 Å². The Bertz CT molecular complexity index is 2060. The quantitative estimate of drug-likeness (QED) is 0.196. The number of imide groups is 1. The fraction of sp³-hybridized carbons (Fsp3) is 0.333. The van der Waals surface area contributed by atoms with Crippen molar-refractivity contribution in [2.75, 3.05) is 41.3 Å². The fourth-order valence-corrected chi connectivity index (χ4v) is 6.60. The van der Waals surface area contributed by atoms with Crippen LogP contribution >= 0.6 is 0 Å².